The van der Waals surface area contributed by atoms with Crippen molar-refractivity contribution in [2.75, 3.05) is 0 Å². The first-order valence-electron chi connectivity index (χ1n) is 5.31. The molecule has 0 saturated heterocycles. The SMILES string of the molecule is C=CCC(C)NC(=O)c1cc([N+](=O)[O-])ccc1I. The number of amides is 1. The fourth-order valence-electron chi connectivity index (χ4n) is 1.41. The highest BCUT2D eigenvalue weighted by molar-refractivity contribution is 14.1. The number of non-ortho nitro benzene ring substituents is 1. The number of carbonyl (C=O) groups excluding carboxylic acids is 1. The molecule has 0 aliphatic carbocycles. The smallest absolute Gasteiger partial charge is 0.270 e. The van der Waals surface area contributed by atoms with Crippen LogP contribution in [0.15, 0.2) is 30.9 Å². The molecule has 6 heteroatoms. The Hall–Kier alpha value is -1.44. The van der Waals surface area contributed by atoms with Gasteiger partial charge in [0, 0.05) is 21.7 Å². The van der Waals surface area contributed by atoms with Gasteiger partial charge in [-0.3, -0.25) is 14.9 Å². The van der Waals surface area contributed by atoms with E-state index in [1.807, 2.05) is 29.5 Å². The predicted molar refractivity (Wildman–Crippen MR) is 77.6 cm³/mol. The van der Waals surface area contributed by atoms with Crippen molar-refractivity contribution in [2.24, 2.45) is 0 Å². The summed E-state index contributed by atoms with van der Waals surface area (Å²) in [6.45, 7) is 5.44. The normalized spacial score (nSPS) is 11.7. The van der Waals surface area contributed by atoms with E-state index in [9.17, 15) is 14.9 Å². The van der Waals surface area contributed by atoms with Gasteiger partial charge in [-0.05, 0) is 42.0 Å². The average molecular weight is 360 g/mol. The van der Waals surface area contributed by atoms with E-state index < -0.39 is 4.92 Å². The number of carbonyl (C=O) groups is 1. The van der Waals surface area contributed by atoms with Gasteiger partial charge in [-0.15, -0.1) is 6.58 Å². The van der Waals surface area contributed by atoms with Crippen molar-refractivity contribution in [1.29, 1.82) is 0 Å². The molecule has 0 aliphatic rings. The van der Waals surface area contributed by atoms with Crippen LogP contribution in [-0.2, 0) is 0 Å². The number of halogens is 1. The third kappa shape index (κ3) is 3.80. The molecule has 0 radical (unpaired) electrons. The standard InChI is InChI=1S/C12H13IN2O3/c1-3-4-8(2)14-12(16)10-7-9(15(17)18)5-6-11(10)13/h3,5-8H,1,4H2,2H3,(H,14,16). The van der Waals surface area contributed by atoms with Crippen LogP contribution in [0.4, 0.5) is 5.69 Å². The van der Waals surface area contributed by atoms with Gasteiger partial charge in [-0.2, -0.15) is 0 Å². The van der Waals surface area contributed by atoms with Gasteiger partial charge in [0.2, 0.25) is 0 Å². The predicted octanol–water partition coefficient (Wildman–Crippen LogP) is 2.89. The summed E-state index contributed by atoms with van der Waals surface area (Å²) in [7, 11) is 0. The molecule has 0 aliphatic heterocycles. The topological polar surface area (TPSA) is 72.2 Å². The van der Waals surface area contributed by atoms with E-state index in [1.54, 1.807) is 12.1 Å². The maximum absolute atomic E-state index is 12.0. The zero-order valence-corrected chi connectivity index (χ0v) is 12.0. The fourth-order valence-corrected chi connectivity index (χ4v) is 1.99. The van der Waals surface area contributed by atoms with E-state index in [-0.39, 0.29) is 17.6 Å². The van der Waals surface area contributed by atoms with Gasteiger partial charge in [0.05, 0.1) is 10.5 Å². The Morgan fingerprint density at radius 3 is 2.89 bits per heavy atom. The first kappa shape index (κ1) is 14.6. The maximum Gasteiger partial charge on any atom is 0.270 e. The van der Waals surface area contributed by atoms with Crippen LogP contribution in [0.3, 0.4) is 0 Å². The number of benzene rings is 1. The minimum atomic E-state index is -0.514. The monoisotopic (exact) mass is 360 g/mol. The molecule has 96 valence electrons. The quantitative estimate of drug-likeness (QED) is 0.380. The highest BCUT2D eigenvalue weighted by Gasteiger charge is 2.16. The highest BCUT2D eigenvalue weighted by atomic mass is 127. The minimum absolute atomic E-state index is 0.0509. The average Bonchev–Trinajstić information content (AvgIpc) is 2.29. The molecule has 1 aromatic rings. The van der Waals surface area contributed by atoms with Gasteiger partial charge in [0.25, 0.3) is 11.6 Å². The molecular weight excluding hydrogens is 347 g/mol. The van der Waals surface area contributed by atoms with Crippen molar-refractivity contribution in [3.8, 4) is 0 Å². The summed E-state index contributed by atoms with van der Waals surface area (Å²) in [5, 5.41) is 13.4. The molecule has 0 fully saturated rings. The zero-order valence-electron chi connectivity index (χ0n) is 9.85. The fraction of sp³-hybridized carbons (Fsp3) is 0.250. The van der Waals surface area contributed by atoms with Crippen LogP contribution in [-0.4, -0.2) is 16.9 Å². The third-order valence-electron chi connectivity index (χ3n) is 2.30. The Bertz CT molecular complexity index is 488. The number of nitrogens with one attached hydrogen (secondary N) is 1. The van der Waals surface area contributed by atoms with Crippen LogP contribution in [0, 0.1) is 13.7 Å². The van der Waals surface area contributed by atoms with Crippen LogP contribution >= 0.6 is 22.6 Å². The Labute approximate surface area is 119 Å². The van der Waals surface area contributed by atoms with Gasteiger partial charge in [-0.25, -0.2) is 0 Å². The van der Waals surface area contributed by atoms with Crippen LogP contribution < -0.4 is 5.32 Å². The van der Waals surface area contributed by atoms with Gasteiger partial charge >= 0.3 is 0 Å². The lowest BCUT2D eigenvalue weighted by molar-refractivity contribution is -0.384. The van der Waals surface area contributed by atoms with Crippen LogP contribution in [0.1, 0.15) is 23.7 Å². The molecule has 1 aromatic carbocycles. The van der Waals surface area contributed by atoms with Crippen molar-refractivity contribution < 1.29 is 9.72 Å². The van der Waals surface area contributed by atoms with E-state index >= 15 is 0 Å². The first-order chi connectivity index (χ1) is 8.45. The second-order valence-electron chi connectivity index (χ2n) is 3.82. The summed E-state index contributed by atoms with van der Waals surface area (Å²) in [4.78, 5) is 22.1. The molecule has 0 spiro atoms. The Morgan fingerprint density at radius 1 is 1.67 bits per heavy atom. The first-order valence-corrected chi connectivity index (χ1v) is 6.39. The molecule has 1 atom stereocenters. The molecule has 1 unspecified atom stereocenters. The Morgan fingerprint density at radius 2 is 2.33 bits per heavy atom. The molecule has 0 saturated carbocycles. The summed E-state index contributed by atoms with van der Waals surface area (Å²) in [6, 6.07) is 4.18. The molecule has 18 heavy (non-hydrogen) atoms. The molecule has 1 amide bonds. The van der Waals surface area contributed by atoms with Gasteiger partial charge in [0.15, 0.2) is 0 Å². The number of nitro benzene ring substituents is 1. The molecule has 0 bridgehead atoms. The van der Waals surface area contributed by atoms with Crippen molar-refractivity contribution in [1.82, 2.24) is 5.32 Å². The van der Waals surface area contributed by atoms with Gasteiger partial charge < -0.3 is 5.32 Å². The van der Waals surface area contributed by atoms with E-state index in [1.165, 1.54) is 12.1 Å². The summed E-state index contributed by atoms with van der Waals surface area (Å²) in [5.41, 5.74) is 0.234. The number of rotatable bonds is 5. The van der Waals surface area contributed by atoms with E-state index in [0.29, 0.717) is 15.6 Å². The molecule has 5 nitrogen and oxygen atoms in total. The third-order valence-corrected chi connectivity index (χ3v) is 3.24. The summed E-state index contributed by atoms with van der Waals surface area (Å²) in [6.07, 6.45) is 2.36. The largest absolute Gasteiger partial charge is 0.349 e. The van der Waals surface area contributed by atoms with Crippen LogP contribution in [0.5, 0.6) is 0 Å². The number of hydrogen-bond donors (Lipinski definition) is 1. The van der Waals surface area contributed by atoms with Crippen molar-refractivity contribution >= 4 is 34.2 Å². The molecule has 0 aromatic heterocycles. The molecule has 0 heterocycles. The van der Waals surface area contributed by atoms with E-state index in [0.717, 1.165) is 0 Å². The van der Waals surface area contributed by atoms with Crippen molar-refractivity contribution in [3.05, 3.63) is 50.1 Å². The molecular formula is C12H13IN2O3. The van der Waals surface area contributed by atoms with Gasteiger partial charge in [0.1, 0.15) is 0 Å². The summed E-state index contributed by atoms with van der Waals surface area (Å²) < 4.78 is 0.682. The summed E-state index contributed by atoms with van der Waals surface area (Å²) in [5.74, 6) is -0.308. The lowest BCUT2D eigenvalue weighted by atomic mass is 10.1. The van der Waals surface area contributed by atoms with Crippen LogP contribution in [0.2, 0.25) is 0 Å². The van der Waals surface area contributed by atoms with Crippen molar-refractivity contribution in [3.63, 3.8) is 0 Å². The van der Waals surface area contributed by atoms with Gasteiger partial charge in [-0.1, -0.05) is 6.08 Å². The number of hydrogen-bond acceptors (Lipinski definition) is 3. The minimum Gasteiger partial charge on any atom is -0.349 e. The van der Waals surface area contributed by atoms with Crippen molar-refractivity contribution in [2.45, 2.75) is 19.4 Å². The number of nitro groups is 1. The lowest BCUT2D eigenvalue weighted by Crippen LogP contribution is -2.32. The highest BCUT2D eigenvalue weighted by Crippen LogP contribution is 2.19. The maximum atomic E-state index is 12.0. The van der Waals surface area contributed by atoms with E-state index in [4.69, 9.17) is 0 Å². The second kappa shape index (κ2) is 6.48. The van der Waals surface area contributed by atoms with E-state index in [2.05, 4.69) is 11.9 Å². The number of nitrogens with zero attached hydrogens (tertiary/aromatic N) is 1. The zero-order chi connectivity index (χ0) is 13.7. The molecule has 1 rings (SSSR count). The molecule has 1 N–H and O–H groups in total. The Balaban J connectivity index is 2.94. The Kier molecular flexibility index (Phi) is 5.26. The van der Waals surface area contributed by atoms with Crippen LogP contribution in [0.25, 0.3) is 0 Å². The second-order valence-corrected chi connectivity index (χ2v) is 4.98. The lowest BCUT2D eigenvalue weighted by Gasteiger charge is -2.12. The summed E-state index contributed by atoms with van der Waals surface area (Å²) >= 11 is 1.98.